The lowest BCUT2D eigenvalue weighted by atomic mass is 9.88. The van der Waals surface area contributed by atoms with Crippen molar-refractivity contribution in [2.75, 3.05) is 0 Å². The van der Waals surface area contributed by atoms with Crippen LogP contribution in [-0.4, -0.2) is 26.7 Å². The molecular weight excluding hydrogens is 416 g/mol. The number of rotatable bonds is 5. The SMILES string of the molecule is CC(=O)O[C@@H]1OC=C[C@@H]2[C@H]1[C@@H](C)C[C@H]2O[Si](c1ccccc1)(c1ccccc1)C(C)(C)C. The minimum Gasteiger partial charge on any atom is -0.462 e. The van der Waals surface area contributed by atoms with E-state index in [0.717, 1.165) is 6.42 Å². The second-order valence-corrected chi connectivity index (χ2v) is 14.4. The quantitative estimate of drug-likeness (QED) is 0.492. The van der Waals surface area contributed by atoms with Crippen LogP contribution in [0.5, 0.6) is 0 Å². The Bertz CT molecular complexity index is 911. The molecule has 0 saturated heterocycles. The molecule has 1 aliphatic heterocycles. The highest BCUT2D eigenvalue weighted by Gasteiger charge is 2.56. The molecule has 4 nitrogen and oxygen atoms in total. The van der Waals surface area contributed by atoms with Gasteiger partial charge >= 0.3 is 5.97 Å². The van der Waals surface area contributed by atoms with E-state index in [9.17, 15) is 4.79 Å². The third kappa shape index (κ3) is 4.04. The molecule has 0 bridgehead atoms. The van der Waals surface area contributed by atoms with E-state index in [1.165, 1.54) is 17.3 Å². The van der Waals surface area contributed by atoms with E-state index in [0.29, 0.717) is 5.92 Å². The lowest BCUT2D eigenvalue weighted by molar-refractivity contribution is -0.185. The molecule has 5 atom stereocenters. The topological polar surface area (TPSA) is 44.8 Å². The van der Waals surface area contributed by atoms with Gasteiger partial charge in [0.2, 0.25) is 6.29 Å². The zero-order chi connectivity index (χ0) is 22.9. The minimum absolute atomic E-state index is 0.0273. The molecule has 170 valence electrons. The highest BCUT2D eigenvalue weighted by atomic mass is 28.4. The van der Waals surface area contributed by atoms with Gasteiger partial charge in [0.1, 0.15) is 0 Å². The summed E-state index contributed by atoms with van der Waals surface area (Å²) in [5.41, 5.74) is 0. The fourth-order valence-electron chi connectivity index (χ4n) is 5.63. The molecule has 0 unspecified atom stereocenters. The summed E-state index contributed by atoms with van der Waals surface area (Å²) in [6.07, 6.45) is 4.18. The first kappa shape index (κ1) is 22.8. The van der Waals surface area contributed by atoms with Crippen LogP contribution in [0.1, 0.15) is 41.0 Å². The molecule has 1 fully saturated rings. The summed E-state index contributed by atoms with van der Waals surface area (Å²) in [5, 5.41) is 2.48. The van der Waals surface area contributed by atoms with Gasteiger partial charge in [-0.1, -0.05) is 88.4 Å². The molecule has 2 aliphatic rings. The number of fused-ring (bicyclic) bond motifs is 1. The van der Waals surface area contributed by atoms with E-state index < -0.39 is 14.6 Å². The van der Waals surface area contributed by atoms with Crippen LogP contribution in [-0.2, 0) is 18.7 Å². The van der Waals surface area contributed by atoms with Gasteiger partial charge in [-0.15, -0.1) is 0 Å². The first-order chi connectivity index (χ1) is 15.2. The third-order valence-corrected chi connectivity index (χ3v) is 12.1. The number of hydrogen-bond donors (Lipinski definition) is 0. The Kier molecular flexibility index (Phi) is 6.32. The van der Waals surface area contributed by atoms with Gasteiger partial charge in [0, 0.05) is 18.8 Å². The summed E-state index contributed by atoms with van der Waals surface area (Å²) in [5.74, 6) is 0.238. The second-order valence-electron chi connectivity index (χ2n) is 10.1. The van der Waals surface area contributed by atoms with Crippen LogP contribution in [0.2, 0.25) is 5.04 Å². The average molecular weight is 451 g/mol. The van der Waals surface area contributed by atoms with Crippen molar-refractivity contribution in [1.29, 1.82) is 0 Å². The molecule has 4 rings (SSSR count). The summed E-state index contributed by atoms with van der Waals surface area (Å²) < 4.78 is 18.7. The smallest absolute Gasteiger partial charge is 0.305 e. The van der Waals surface area contributed by atoms with E-state index >= 15 is 0 Å². The van der Waals surface area contributed by atoms with Gasteiger partial charge in [-0.05, 0) is 33.8 Å². The van der Waals surface area contributed by atoms with Crippen LogP contribution in [0.15, 0.2) is 73.0 Å². The lowest BCUT2D eigenvalue weighted by Crippen LogP contribution is -2.68. The molecule has 0 N–H and O–H groups in total. The van der Waals surface area contributed by atoms with Crippen molar-refractivity contribution in [2.24, 2.45) is 17.8 Å². The van der Waals surface area contributed by atoms with E-state index in [-0.39, 0.29) is 28.9 Å². The fourth-order valence-corrected chi connectivity index (χ4v) is 10.4. The molecule has 0 aromatic heterocycles. The summed E-state index contributed by atoms with van der Waals surface area (Å²) in [6, 6.07) is 21.5. The van der Waals surface area contributed by atoms with Gasteiger partial charge in [0.15, 0.2) is 0 Å². The van der Waals surface area contributed by atoms with Crippen LogP contribution in [0, 0.1) is 17.8 Å². The predicted molar refractivity (Wildman–Crippen MR) is 129 cm³/mol. The van der Waals surface area contributed by atoms with Gasteiger partial charge in [-0.25, -0.2) is 0 Å². The zero-order valence-electron chi connectivity index (χ0n) is 19.7. The zero-order valence-corrected chi connectivity index (χ0v) is 20.7. The van der Waals surface area contributed by atoms with Crippen molar-refractivity contribution in [2.45, 2.75) is 58.5 Å². The van der Waals surface area contributed by atoms with Gasteiger partial charge in [0.05, 0.1) is 12.4 Å². The maximum atomic E-state index is 11.7. The summed E-state index contributed by atoms with van der Waals surface area (Å²) in [7, 11) is -2.66. The van der Waals surface area contributed by atoms with Crippen molar-refractivity contribution in [3.8, 4) is 0 Å². The Labute approximate surface area is 192 Å². The molecule has 32 heavy (non-hydrogen) atoms. The summed E-state index contributed by atoms with van der Waals surface area (Å²) in [4.78, 5) is 11.7. The average Bonchev–Trinajstić information content (AvgIpc) is 3.08. The van der Waals surface area contributed by atoms with Crippen LogP contribution >= 0.6 is 0 Å². The highest BCUT2D eigenvalue weighted by molar-refractivity contribution is 6.99. The first-order valence-corrected chi connectivity index (χ1v) is 13.4. The van der Waals surface area contributed by atoms with Crippen molar-refractivity contribution >= 4 is 24.7 Å². The molecule has 1 heterocycles. The second kappa shape index (κ2) is 8.87. The van der Waals surface area contributed by atoms with Gasteiger partial charge in [-0.2, -0.15) is 0 Å². The van der Waals surface area contributed by atoms with Crippen LogP contribution < -0.4 is 10.4 Å². The standard InChI is InChI=1S/C27H34O4Si/c1-19-18-24(23-16-17-29-26(25(19)23)30-20(2)28)31-32(27(3,4)5,21-12-8-6-9-13-21)22-14-10-7-11-15-22/h6-17,19,23-26H,18H2,1-5H3/t19-,23-,24+,25+,26-/m0/s1. The number of hydrogen-bond acceptors (Lipinski definition) is 4. The van der Waals surface area contributed by atoms with E-state index in [2.05, 4.69) is 94.4 Å². The number of benzene rings is 2. The third-order valence-electron chi connectivity index (χ3n) is 6.99. The van der Waals surface area contributed by atoms with Crippen molar-refractivity contribution in [3.63, 3.8) is 0 Å². The van der Waals surface area contributed by atoms with E-state index in [1.807, 2.05) is 0 Å². The number of carbonyl (C=O) groups is 1. The predicted octanol–water partition coefficient (Wildman–Crippen LogP) is 4.64. The van der Waals surface area contributed by atoms with Gasteiger partial charge in [-0.3, -0.25) is 4.79 Å². The largest absolute Gasteiger partial charge is 0.462 e. The maximum absolute atomic E-state index is 11.7. The maximum Gasteiger partial charge on any atom is 0.305 e. The Morgan fingerprint density at radius 2 is 1.56 bits per heavy atom. The number of ether oxygens (including phenoxy) is 2. The number of carbonyl (C=O) groups excluding carboxylic acids is 1. The number of esters is 1. The van der Waals surface area contributed by atoms with Gasteiger partial charge < -0.3 is 13.9 Å². The van der Waals surface area contributed by atoms with Crippen molar-refractivity contribution in [3.05, 3.63) is 73.0 Å². The Morgan fingerprint density at radius 3 is 2.06 bits per heavy atom. The normalized spacial score (nSPS) is 27.5. The minimum atomic E-state index is -2.66. The molecule has 0 radical (unpaired) electrons. The van der Waals surface area contributed by atoms with Gasteiger partial charge in [0.25, 0.3) is 8.32 Å². The summed E-state index contributed by atoms with van der Waals surface area (Å²) in [6.45, 7) is 10.6. The van der Waals surface area contributed by atoms with E-state index in [1.54, 1.807) is 6.26 Å². The lowest BCUT2D eigenvalue weighted by Gasteiger charge is -2.46. The highest BCUT2D eigenvalue weighted by Crippen LogP contribution is 2.48. The molecule has 2 aromatic carbocycles. The van der Waals surface area contributed by atoms with Crippen LogP contribution in [0.3, 0.4) is 0 Å². The van der Waals surface area contributed by atoms with E-state index in [4.69, 9.17) is 13.9 Å². The fraction of sp³-hybridized carbons (Fsp3) is 0.444. The first-order valence-electron chi connectivity index (χ1n) is 11.5. The van der Waals surface area contributed by atoms with Crippen LogP contribution in [0.25, 0.3) is 0 Å². The van der Waals surface area contributed by atoms with Crippen molar-refractivity contribution < 1.29 is 18.7 Å². The van der Waals surface area contributed by atoms with Crippen molar-refractivity contribution in [1.82, 2.24) is 0 Å². The summed E-state index contributed by atoms with van der Waals surface area (Å²) >= 11 is 0. The molecule has 1 saturated carbocycles. The molecule has 0 amide bonds. The molecule has 2 aromatic rings. The molecular formula is C27H34O4Si. The Hall–Kier alpha value is -2.37. The molecule has 1 aliphatic carbocycles. The Morgan fingerprint density at radius 1 is 1.00 bits per heavy atom. The van der Waals surface area contributed by atoms with Crippen LogP contribution in [0.4, 0.5) is 0 Å². The molecule has 5 heteroatoms. The monoisotopic (exact) mass is 450 g/mol. The Balaban J connectivity index is 1.78. The molecule has 0 spiro atoms.